The lowest BCUT2D eigenvalue weighted by Crippen LogP contribution is -2.43. The van der Waals surface area contributed by atoms with Crippen LogP contribution >= 0.6 is 11.8 Å². The average molecular weight is 232 g/mol. The zero-order chi connectivity index (χ0) is 11.8. The Morgan fingerprint density at radius 2 is 1.93 bits per heavy atom. The second-order valence-electron chi connectivity index (χ2n) is 4.62. The standard InChI is InChI=1S/C12H28N2S/c1-6-10(2)12(13)9-14(4)11(3)7-8-15-5/h10-12H,6-9,13H2,1-5H3. The van der Waals surface area contributed by atoms with Gasteiger partial charge < -0.3 is 10.6 Å². The molecule has 2 N–H and O–H groups in total. The SMILES string of the molecule is CCC(C)C(N)CN(C)C(C)CCSC. The zero-order valence-electron chi connectivity index (χ0n) is 11.0. The minimum atomic E-state index is 0.316. The van der Waals surface area contributed by atoms with Crippen molar-refractivity contribution in [3.63, 3.8) is 0 Å². The van der Waals surface area contributed by atoms with E-state index in [-0.39, 0.29) is 0 Å². The van der Waals surface area contributed by atoms with Crippen LogP contribution in [0.15, 0.2) is 0 Å². The number of nitrogens with two attached hydrogens (primary N) is 1. The van der Waals surface area contributed by atoms with E-state index in [4.69, 9.17) is 5.73 Å². The molecule has 0 saturated carbocycles. The molecule has 0 aliphatic heterocycles. The third-order valence-electron chi connectivity index (χ3n) is 3.37. The summed E-state index contributed by atoms with van der Waals surface area (Å²) in [7, 11) is 2.19. The van der Waals surface area contributed by atoms with Crippen LogP contribution in [0.25, 0.3) is 0 Å². The van der Waals surface area contributed by atoms with Crippen LogP contribution in [-0.4, -0.2) is 42.6 Å². The van der Waals surface area contributed by atoms with Gasteiger partial charge in [-0.15, -0.1) is 0 Å². The van der Waals surface area contributed by atoms with E-state index >= 15 is 0 Å². The topological polar surface area (TPSA) is 29.3 Å². The molecule has 0 spiro atoms. The van der Waals surface area contributed by atoms with E-state index in [2.05, 4.69) is 39.0 Å². The Morgan fingerprint density at radius 1 is 1.33 bits per heavy atom. The van der Waals surface area contributed by atoms with Crippen molar-refractivity contribution in [1.82, 2.24) is 4.90 Å². The average Bonchev–Trinajstić information content (AvgIpc) is 2.24. The Bertz CT molecular complexity index is 153. The van der Waals surface area contributed by atoms with E-state index in [1.807, 2.05) is 11.8 Å². The second-order valence-corrected chi connectivity index (χ2v) is 5.61. The maximum Gasteiger partial charge on any atom is 0.0193 e. The fraction of sp³-hybridized carbons (Fsp3) is 1.00. The van der Waals surface area contributed by atoms with Gasteiger partial charge in [0.2, 0.25) is 0 Å². The van der Waals surface area contributed by atoms with E-state index in [9.17, 15) is 0 Å². The summed E-state index contributed by atoms with van der Waals surface area (Å²) < 4.78 is 0. The van der Waals surface area contributed by atoms with Crippen molar-refractivity contribution in [2.45, 2.75) is 45.7 Å². The number of likely N-dealkylation sites (N-methyl/N-ethyl adjacent to an activating group) is 1. The summed E-state index contributed by atoms with van der Waals surface area (Å²) >= 11 is 1.92. The minimum absolute atomic E-state index is 0.316. The largest absolute Gasteiger partial charge is 0.326 e. The van der Waals surface area contributed by atoms with Gasteiger partial charge in [-0.1, -0.05) is 20.3 Å². The summed E-state index contributed by atoms with van der Waals surface area (Å²) in [5, 5.41) is 0. The van der Waals surface area contributed by atoms with Gasteiger partial charge in [0.25, 0.3) is 0 Å². The molecule has 0 amide bonds. The summed E-state index contributed by atoms with van der Waals surface area (Å²) in [6.45, 7) is 7.76. The van der Waals surface area contributed by atoms with Crippen molar-refractivity contribution in [2.75, 3.05) is 25.6 Å². The van der Waals surface area contributed by atoms with Crippen LogP contribution < -0.4 is 5.73 Å². The van der Waals surface area contributed by atoms with Crippen molar-refractivity contribution in [2.24, 2.45) is 11.7 Å². The van der Waals surface area contributed by atoms with Crippen molar-refractivity contribution < 1.29 is 0 Å². The molecule has 0 saturated heterocycles. The van der Waals surface area contributed by atoms with Crippen LogP contribution in [0.3, 0.4) is 0 Å². The molecule has 0 rings (SSSR count). The van der Waals surface area contributed by atoms with Crippen molar-refractivity contribution in [3.05, 3.63) is 0 Å². The summed E-state index contributed by atoms with van der Waals surface area (Å²) in [6, 6.07) is 0.962. The summed E-state index contributed by atoms with van der Waals surface area (Å²) in [6.07, 6.45) is 4.59. The maximum atomic E-state index is 6.15. The van der Waals surface area contributed by atoms with Crippen LogP contribution in [-0.2, 0) is 0 Å². The van der Waals surface area contributed by atoms with Gasteiger partial charge in [-0.05, 0) is 38.3 Å². The lowest BCUT2D eigenvalue weighted by Gasteiger charge is -2.29. The first-order chi connectivity index (χ1) is 7.02. The molecule has 0 fully saturated rings. The predicted octanol–water partition coefficient (Wildman–Crippen LogP) is 2.43. The second kappa shape index (κ2) is 8.43. The maximum absolute atomic E-state index is 6.15. The first-order valence-electron chi connectivity index (χ1n) is 5.97. The van der Waals surface area contributed by atoms with E-state index in [1.165, 1.54) is 18.6 Å². The summed E-state index contributed by atoms with van der Waals surface area (Å²) in [4.78, 5) is 2.40. The van der Waals surface area contributed by atoms with Crippen molar-refractivity contribution in [3.8, 4) is 0 Å². The lowest BCUT2D eigenvalue weighted by atomic mass is 9.99. The molecule has 0 heterocycles. The quantitative estimate of drug-likeness (QED) is 0.697. The predicted molar refractivity (Wildman–Crippen MR) is 72.5 cm³/mol. The molecule has 3 heteroatoms. The van der Waals surface area contributed by atoms with Gasteiger partial charge in [0.05, 0.1) is 0 Å². The number of nitrogens with zero attached hydrogens (tertiary/aromatic N) is 1. The Balaban J connectivity index is 3.84. The number of hydrogen-bond donors (Lipinski definition) is 1. The van der Waals surface area contributed by atoms with Gasteiger partial charge in [-0.25, -0.2) is 0 Å². The zero-order valence-corrected chi connectivity index (χ0v) is 11.8. The van der Waals surface area contributed by atoms with Crippen LogP contribution in [0.1, 0.15) is 33.6 Å². The molecular weight excluding hydrogens is 204 g/mol. The van der Waals surface area contributed by atoms with E-state index < -0.39 is 0 Å². The Labute approximate surface area is 100.0 Å². The molecule has 3 atom stereocenters. The molecule has 0 aromatic rings. The third-order valence-corrected chi connectivity index (χ3v) is 4.01. The molecule has 15 heavy (non-hydrogen) atoms. The Morgan fingerprint density at radius 3 is 2.40 bits per heavy atom. The van der Waals surface area contributed by atoms with Crippen LogP contribution in [0, 0.1) is 5.92 Å². The molecule has 2 nitrogen and oxygen atoms in total. The van der Waals surface area contributed by atoms with Gasteiger partial charge in [-0.2, -0.15) is 11.8 Å². The van der Waals surface area contributed by atoms with Crippen LogP contribution in [0.4, 0.5) is 0 Å². The minimum Gasteiger partial charge on any atom is -0.326 e. The van der Waals surface area contributed by atoms with Gasteiger partial charge >= 0.3 is 0 Å². The molecule has 0 radical (unpaired) electrons. The number of rotatable bonds is 8. The monoisotopic (exact) mass is 232 g/mol. The Hall–Kier alpha value is 0.270. The Kier molecular flexibility index (Phi) is 8.58. The van der Waals surface area contributed by atoms with Crippen LogP contribution in [0.2, 0.25) is 0 Å². The van der Waals surface area contributed by atoms with E-state index in [0.717, 1.165) is 6.54 Å². The molecule has 0 aliphatic carbocycles. The molecule has 92 valence electrons. The highest BCUT2D eigenvalue weighted by atomic mass is 32.2. The molecule has 0 bridgehead atoms. The first kappa shape index (κ1) is 15.3. The summed E-state index contributed by atoms with van der Waals surface area (Å²) in [5.41, 5.74) is 6.15. The van der Waals surface area contributed by atoms with E-state index in [0.29, 0.717) is 18.0 Å². The van der Waals surface area contributed by atoms with Gasteiger partial charge in [0.15, 0.2) is 0 Å². The van der Waals surface area contributed by atoms with Crippen molar-refractivity contribution >= 4 is 11.8 Å². The summed E-state index contributed by atoms with van der Waals surface area (Å²) in [5.74, 6) is 1.87. The molecular formula is C12H28N2S. The molecule has 0 aromatic carbocycles. The fourth-order valence-electron chi connectivity index (χ4n) is 1.50. The van der Waals surface area contributed by atoms with Gasteiger partial charge in [0, 0.05) is 18.6 Å². The molecule has 0 aromatic heterocycles. The van der Waals surface area contributed by atoms with E-state index in [1.54, 1.807) is 0 Å². The van der Waals surface area contributed by atoms with Gasteiger partial charge in [-0.3, -0.25) is 0 Å². The highest BCUT2D eigenvalue weighted by Gasteiger charge is 2.16. The smallest absolute Gasteiger partial charge is 0.0193 e. The third kappa shape index (κ3) is 6.44. The van der Waals surface area contributed by atoms with Crippen LogP contribution in [0.5, 0.6) is 0 Å². The normalized spacial score (nSPS) is 17.8. The fourth-order valence-corrected chi connectivity index (χ4v) is 2.08. The molecule has 0 aliphatic rings. The lowest BCUT2D eigenvalue weighted by molar-refractivity contribution is 0.216. The van der Waals surface area contributed by atoms with Gasteiger partial charge in [0.1, 0.15) is 0 Å². The van der Waals surface area contributed by atoms with Crippen molar-refractivity contribution in [1.29, 1.82) is 0 Å². The highest BCUT2D eigenvalue weighted by Crippen LogP contribution is 2.10. The number of hydrogen-bond acceptors (Lipinski definition) is 3. The molecule has 3 unspecified atom stereocenters. The highest BCUT2D eigenvalue weighted by molar-refractivity contribution is 7.98. The first-order valence-corrected chi connectivity index (χ1v) is 7.37. The number of thioether (sulfide) groups is 1.